The Bertz CT molecular complexity index is 798. The molecule has 1 amide bonds. The number of nitrogens with zero attached hydrogens (tertiary/aromatic N) is 1. The van der Waals surface area contributed by atoms with Crippen LogP contribution in [0.1, 0.15) is 15.9 Å². The molecule has 0 saturated heterocycles. The summed E-state index contributed by atoms with van der Waals surface area (Å²) in [7, 11) is 0. The third-order valence-corrected chi connectivity index (χ3v) is 3.35. The zero-order chi connectivity index (χ0) is 16.1. The summed E-state index contributed by atoms with van der Waals surface area (Å²) in [6, 6.07) is 20.8. The zero-order valence-corrected chi connectivity index (χ0v) is 12.8. The molecule has 23 heavy (non-hydrogen) atoms. The van der Waals surface area contributed by atoms with Crippen molar-refractivity contribution in [3.05, 3.63) is 84.1 Å². The van der Waals surface area contributed by atoms with E-state index in [9.17, 15) is 4.79 Å². The number of pyridine rings is 1. The lowest BCUT2D eigenvalue weighted by atomic mass is 10.2. The van der Waals surface area contributed by atoms with Crippen LogP contribution in [0.3, 0.4) is 0 Å². The molecule has 4 heteroatoms. The summed E-state index contributed by atoms with van der Waals surface area (Å²) in [6.07, 6.45) is 1.70. The maximum absolute atomic E-state index is 12.1. The summed E-state index contributed by atoms with van der Waals surface area (Å²) >= 11 is 0. The first-order chi connectivity index (χ1) is 11.2. The molecule has 0 saturated carbocycles. The number of hydrogen-bond acceptors (Lipinski definition) is 3. The molecule has 0 aliphatic rings. The molecule has 0 radical (unpaired) electrons. The molecule has 3 rings (SSSR count). The molecule has 0 atom stereocenters. The highest BCUT2D eigenvalue weighted by atomic mass is 16.1. The zero-order valence-electron chi connectivity index (χ0n) is 12.8. The number of aryl methyl sites for hydroxylation is 1. The third kappa shape index (κ3) is 3.95. The van der Waals surface area contributed by atoms with Crippen LogP contribution >= 0.6 is 0 Å². The number of hydrogen-bond donors (Lipinski definition) is 2. The first kappa shape index (κ1) is 14.8. The molecule has 0 unspecified atom stereocenters. The molecule has 3 aromatic rings. The van der Waals surface area contributed by atoms with Crippen LogP contribution in [0.4, 0.5) is 17.2 Å². The van der Waals surface area contributed by atoms with Crippen molar-refractivity contribution in [3.63, 3.8) is 0 Å². The van der Waals surface area contributed by atoms with Crippen LogP contribution in [0.2, 0.25) is 0 Å². The van der Waals surface area contributed by atoms with Gasteiger partial charge in [-0.25, -0.2) is 4.98 Å². The monoisotopic (exact) mass is 303 g/mol. The van der Waals surface area contributed by atoms with Crippen LogP contribution in [0, 0.1) is 6.92 Å². The first-order valence-electron chi connectivity index (χ1n) is 7.37. The molecule has 114 valence electrons. The van der Waals surface area contributed by atoms with Crippen molar-refractivity contribution >= 4 is 23.1 Å². The van der Waals surface area contributed by atoms with Gasteiger partial charge < -0.3 is 10.6 Å². The maximum Gasteiger partial charge on any atom is 0.256 e. The summed E-state index contributed by atoms with van der Waals surface area (Å²) in [4.78, 5) is 16.3. The highest BCUT2D eigenvalue weighted by Gasteiger charge is 2.05. The van der Waals surface area contributed by atoms with Gasteiger partial charge in [-0.1, -0.05) is 30.3 Å². The van der Waals surface area contributed by atoms with Gasteiger partial charge in [0.1, 0.15) is 5.82 Å². The number of nitrogens with one attached hydrogen (secondary N) is 2. The number of carbonyl (C=O) groups excluding carboxylic acids is 1. The molecule has 4 nitrogen and oxygen atoms in total. The fourth-order valence-electron chi connectivity index (χ4n) is 2.21. The maximum atomic E-state index is 12.1. The Labute approximate surface area is 135 Å². The van der Waals surface area contributed by atoms with Crippen LogP contribution in [0.5, 0.6) is 0 Å². The molecule has 2 N–H and O–H groups in total. The van der Waals surface area contributed by atoms with E-state index in [0.29, 0.717) is 11.4 Å². The van der Waals surface area contributed by atoms with Gasteiger partial charge in [-0.2, -0.15) is 0 Å². The number of amides is 1. The predicted molar refractivity (Wildman–Crippen MR) is 93.1 cm³/mol. The molecule has 0 aliphatic heterocycles. The average molecular weight is 303 g/mol. The molecule has 0 fully saturated rings. The number of benzene rings is 2. The van der Waals surface area contributed by atoms with Crippen molar-refractivity contribution in [1.29, 1.82) is 0 Å². The van der Waals surface area contributed by atoms with Gasteiger partial charge in [-0.05, 0) is 48.9 Å². The molecule has 1 heterocycles. The van der Waals surface area contributed by atoms with Crippen molar-refractivity contribution in [2.45, 2.75) is 6.92 Å². The van der Waals surface area contributed by atoms with E-state index in [1.54, 1.807) is 24.4 Å². The molecule has 0 spiro atoms. The number of rotatable bonds is 4. The molecule has 2 aromatic carbocycles. The van der Waals surface area contributed by atoms with E-state index >= 15 is 0 Å². The molecule has 1 aromatic heterocycles. The lowest BCUT2D eigenvalue weighted by molar-refractivity contribution is 0.102. The second-order valence-electron chi connectivity index (χ2n) is 5.25. The van der Waals surface area contributed by atoms with Gasteiger partial charge in [-0.3, -0.25) is 4.79 Å². The van der Waals surface area contributed by atoms with Gasteiger partial charge in [0, 0.05) is 11.3 Å². The van der Waals surface area contributed by atoms with Gasteiger partial charge >= 0.3 is 0 Å². The minimum absolute atomic E-state index is 0.169. The summed E-state index contributed by atoms with van der Waals surface area (Å²) in [5.41, 5.74) is 3.67. The second kappa shape index (κ2) is 6.75. The normalized spacial score (nSPS) is 10.1. The molecular weight excluding hydrogens is 286 g/mol. The van der Waals surface area contributed by atoms with Gasteiger partial charge in [0.15, 0.2) is 0 Å². The largest absolute Gasteiger partial charge is 0.354 e. The van der Waals surface area contributed by atoms with E-state index in [0.717, 1.165) is 11.4 Å². The lowest BCUT2D eigenvalue weighted by Gasteiger charge is -2.08. The molecule has 0 aliphatic carbocycles. The number of carbonyl (C=O) groups is 1. The minimum Gasteiger partial charge on any atom is -0.354 e. The van der Waals surface area contributed by atoms with E-state index in [1.165, 1.54) is 5.56 Å². The number of aromatic nitrogens is 1. The summed E-state index contributed by atoms with van der Waals surface area (Å²) in [5.74, 6) is 0.353. The predicted octanol–water partition coefficient (Wildman–Crippen LogP) is 4.39. The summed E-state index contributed by atoms with van der Waals surface area (Å²) < 4.78 is 0. The Morgan fingerprint density at radius 3 is 2.43 bits per heavy atom. The van der Waals surface area contributed by atoms with Crippen LogP contribution in [-0.2, 0) is 0 Å². The fourth-order valence-corrected chi connectivity index (χ4v) is 2.21. The Morgan fingerprint density at radius 1 is 0.913 bits per heavy atom. The van der Waals surface area contributed by atoms with Crippen LogP contribution < -0.4 is 10.6 Å². The average Bonchev–Trinajstić information content (AvgIpc) is 2.57. The van der Waals surface area contributed by atoms with Crippen LogP contribution in [0.15, 0.2) is 72.9 Å². The van der Waals surface area contributed by atoms with Crippen LogP contribution in [-0.4, -0.2) is 10.9 Å². The van der Waals surface area contributed by atoms with E-state index in [1.807, 2.05) is 49.4 Å². The van der Waals surface area contributed by atoms with E-state index in [4.69, 9.17) is 0 Å². The van der Waals surface area contributed by atoms with Crippen molar-refractivity contribution in [3.8, 4) is 0 Å². The van der Waals surface area contributed by atoms with Gasteiger partial charge in [0.25, 0.3) is 5.91 Å². The van der Waals surface area contributed by atoms with E-state index < -0.39 is 0 Å². The summed E-state index contributed by atoms with van der Waals surface area (Å²) in [6.45, 7) is 2.05. The van der Waals surface area contributed by atoms with Crippen molar-refractivity contribution in [2.24, 2.45) is 0 Å². The van der Waals surface area contributed by atoms with Crippen molar-refractivity contribution < 1.29 is 4.79 Å². The van der Waals surface area contributed by atoms with E-state index in [2.05, 4.69) is 21.7 Å². The molecular formula is C19H17N3O. The molecule has 0 bridgehead atoms. The van der Waals surface area contributed by atoms with Crippen molar-refractivity contribution in [2.75, 3.05) is 10.6 Å². The van der Waals surface area contributed by atoms with Gasteiger partial charge in [0.05, 0.1) is 11.9 Å². The number of anilines is 3. The Morgan fingerprint density at radius 2 is 1.74 bits per heavy atom. The third-order valence-electron chi connectivity index (χ3n) is 3.35. The summed E-state index contributed by atoms with van der Waals surface area (Å²) in [5, 5.41) is 6.06. The van der Waals surface area contributed by atoms with Gasteiger partial charge in [-0.15, -0.1) is 0 Å². The smallest absolute Gasteiger partial charge is 0.256 e. The quantitative estimate of drug-likeness (QED) is 0.751. The SMILES string of the molecule is Cc1cccc(Nc2ccc(NC(=O)c3ccccc3)nc2)c1. The Balaban J connectivity index is 1.66. The van der Waals surface area contributed by atoms with Gasteiger partial charge in [0.2, 0.25) is 0 Å². The highest BCUT2D eigenvalue weighted by Crippen LogP contribution is 2.18. The highest BCUT2D eigenvalue weighted by molar-refractivity contribution is 6.03. The minimum atomic E-state index is -0.169. The van der Waals surface area contributed by atoms with Crippen molar-refractivity contribution in [1.82, 2.24) is 4.98 Å². The van der Waals surface area contributed by atoms with E-state index in [-0.39, 0.29) is 5.91 Å². The standard InChI is InChI=1S/C19H17N3O/c1-14-6-5-9-16(12-14)21-17-10-11-18(20-13-17)22-19(23)15-7-3-2-4-8-15/h2-13,21H,1H3,(H,20,22,23). The van der Waals surface area contributed by atoms with Crippen LogP contribution in [0.25, 0.3) is 0 Å². The first-order valence-corrected chi connectivity index (χ1v) is 7.37. The fraction of sp³-hybridized carbons (Fsp3) is 0.0526. The Kier molecular flexibility index (Phi) is 4.34. The topological polar surface area (TPSA) is 54.0 Å². The second-order valence-corrected chi connectivity index (χ2v) is 5.25. The lowest BCUT2D eigenvalue weighted by Crippen LogP contribution is -2.12. The Hall–Kier alpha value is -3.14.